The van der Waals surface area contributed by atoms with Gasteiger partial charge in [0, 0.05) is 90.8 Å². The number of hydrogen-bond acceptors (Lipinski definition) is 15. The van der Waals surface area contributed by atoms with Crippen LogP contribution in [0.3, 0.4) is 0 Å². The Morgan fingerprint density at radius 3 is 0.780 bits per heavy atom. The predicted octanol–water partition coefficient (Wildman–Crippen LogP) is 6.52. The largest absolute Gasteiger partial charge is 0.481 e. The van der Waals surface area contributed by atoms with Crippen molar-refractivity contribution in [3.63, 3.8) is 0 Å². The van der Waals surface area contributed by atoms with E-state index in [0.29, 0.717) is 81.6 Å². The zero-order valence-corrected chi connectivity index (χ0v) is 60.2. The Kier molecular flexibility index (Phi) is 45.2. The second-order valence-electron chi connectivity index (χ2n) is 21.8. The van der Waals surface area contributed by atoms with Gasteiger partial charge in [-0.05, 0) is 218 Å². The minimum atomic E-state index is -1.41. The van der Waals surface area contributed by atoms with Crippen LogP contribution in [0, 0.1) is 10.7 Å². The summed E-state index contributed by atoms with van der Waals surface area (Å²) in [6, 6.07) is 12.1. The molecule has 3 rings (SSSR count). The zero-order chi connectivity index (χ0) is 75.1. The first kappa shape index (κ1) is 88.7. The Balaban J connectivity index is 0.000000750. The van der Waals surface area contributed by atoms with Crippen LogP contribution in [-0.2, 0) is 43.2 Å². The van der Waals surface area contributed by atoms with Gasteiger partial charge in [0.1, 0.15) is 12.1 Å². The van der Waals surface area contributed by atoms with E-state index in [2.05, 4.69) is 132 Å². The maximum Gasteiger partial charge on any atom is 0.326 e. The maximum absolute atomic E-state index is 12.2. The van der Waals surface area contributed by atoms with Crippen molar-refractivity contribution >= 4 is 175 Å². The average molecular weight is 1750 g/mol. The van der Waals surface area contributed by atoms with Crippen molar-refractivity contribution in [1.82, 2.24) is 47.9 Å². The van der Waals surface area contributed by atoms with Crippen LogP contribution in [0.25, 0.3) is 0 Å². The lowest BCUT2D eigenvalue weighted by Gasteiger charge is -2.21. The predicted molar refractivity (Wildman–Crippen MR) is 383 cm³/mol. The highest BCUT2D eigenvalue weighted by molar-refractivity contribution is 14.1. The molecule has 39 heteroatoms. The standard InChI is InChI=1S/C21H29IN4O8.2C20H27IN4O8/c22-13-4-6-14(7-5-13)24-20(33)23-10-2-1-3-15(11-18(29)30)25-21(34)26-16(12-19(31)32)8-9-17(27)28;21-12-4-6-13(7-5-12)23-19(32)22-10-2-1-3-15(18(30)31)25-20(33)24-14(11-17(28)29)8-9-16(26)27;21-12-4-6-13(7-5-12)23-19(32)22-10-2-1-3-14(11-17(28)29)24-20(33)25-15(18(30)31)8-9-16(26)27/h4-7,15-16H,1-3,8-12H2,(H,27,28)(H,29,30)(H,31,32)(H2,23,24,33)(H2,25,26,34);2*4-7,14-15H,1-3,8-11H2,(H,26,27)(H,28,29)(H,30,31)(H2,22,23,32)(H2,24,25,33)/t15-,16-;2*14-,15-/m000/s1. The third kappa shape index (κ3) is 47.6. The third-order valence-electron chi connectivity index (χ3n) is 13.3. The van der Waals surface area contributed by atoms with Crippen LogP contribution in [0.5, 0.6) is 0 Å². The summed E-state index contributed by atoms with van der Waals surface area (Å²) in [5.74, 6) is -10.8. The fourth-order valence-corrected chi connectivity index (χ4v) is 9.62. The average Bonchev–Trinajstić information content (AvgIpc) is 1.00. The minimum absolute atomic E-state index is 0.0748. The highest BCUT2D eigenvalue weighted by atomic mass is 127. The fourth-order valence-electron chi connectivity index (χ4n) is 8.54. The van der Waals surface area contributed by atoms with Crippen molar-refractivity contribution in [3.8, 4) is 0 Å². The van der Waals surface area contributed by atoms with Crippen molar-refractivity contribution in [3.05, 3.63) is 83.5 Å². The molecule has 3 aromatic rings. The van der Waals surface area contributed by atoms with E-state index >= 15 is 0 Å². The summed E-state index contributed by atoms with van der Waals surface area (Å²) in [7, 11) is 0. The molecule has 3 aromatic carbocycles. The fraction of sp³-hybridized carbons (Fsp3) is 0.459. The SMILES string of the molecule is O=C(O)CC[C@@H](CC(=O)O)NC(=O)N[C@@H](CCCCNC(=O)Nc1ccc(I)cc1)C(=O)O.O=C(O)CC[C@@H](CC(=O)O)NC(=O)N[C@@H](CCCCNC(=O)Nc1ccc(I)cc1)CC(=O)O.O=C(O)CC[C@H](NC(=O)N[C@@H](CCCCNC(=O)Nc1ccc(I)cc1)CC(=O)O)C(=O)O. The van der Waals surface area contributed by atoms with E-state index in [9.17, 15) is 77.0 Å². The number of unbranched alkanes of at least 4 members (excludes halogenated alkanes) is 3. The van der Waals surface area contributed by atoms with Crippen LogP contribution < -0.4 is 63.8 Å². The zero-order valence-electron chi connectivity index (χ0n) is 53.7. The Labute approximate surface area is 613 Å². The topological polar surface area (TPSA) is 582 Å². The smallest absolute Gasteiger partial charge is 0.326 e. The Bertz CT molecular complexity index is 3170. The molecule has 0 spiro atoms. The van der Waals surface area contributed by atoms with E-state index in [-0.39, 0.29) is 69.8 Å². The molecule has 0 aliphatic heterocycles. The van der Waals surface area contributed by atoms with Gasteiger partial charge in [0.2, 0.25) is 0 Å². The molecule has 6 atom stereocenters. The number of nitrogens with one attached hydrogen (secondary N) is 12. The third-order valence-corrected chi connectivity index (χ3v) is 15.5. The second-order valence-corrected chi connectivity index (χ2v) is 25.5. The summed E-state index contributed by atoms with van der Waals surface area (Å²) in [6.07, 6.45) is 0.349. The normalized spacial score (nSPS) is 12.2. The number of aliphatic carboxylic acids is 9. The molecular formula is C61H83I3N12O24. The van der Waals surface area contributed by atoms with Crippen molar-refractivity contribution in [2.45, 2.75) is 158 Å². The van der Waals surface area contributed by atoms with E-state index in [1.165, 1.54) is 0 Å². The highest BCUT2D eigenvalue weighted by Gasteiger charge is 2.26. The van der Waals surface area contributed by atoms with Gasteiger partial charge in [-0.2, -0.15) is 0 Å². The maximum atomic E-state index is 12.2. The molecule has 0 fully saturated rings. The lowest BCUT2D eigenvalue weighted by atomic mass is 10.1. The summed E-state index contributed by atoms with van der Waals surface area (Å²) >= 11 is 6.46. The van der Waals surface area contributed by atoms with Crippen LogP contribution in [0.15, 0.2) is 72.8 Å². The molecule has 21 N–H and O–H groups in total. The second kappa shape index (κ2) is 50.9. The Hall–Kier alpha value is -9.30. The summed E-state index contributed by atoms with van der Waals surface area (Å²) in [5.41, 5.74) is 1.94. The lowest BCUT2D eigenvalue weighted by Crippen LogP contribution is -2.49. The quantitative estimate of drug-likeness (QED) is 0.0212. The first-order chi connectivity index (χ1) is 47.2. The van der Waals surface area contributed by atoms with Gasteiger partial charge in [-0.15, -0.1) is 0 Å². The molecule has 0 unspecified atom stereocenters. The molecule has 0 saturated heterocycles. The molecule has 0 aromatic heterocycles. The summed E-state index contributed by atoms with van der Waals surface area (Å²) in [5, 5.41) is 111. The molecule has 0 aliphatic rings. The van der Waals surface area contributed by atoms with Gasteiger partial charge in [0.25, 0.3) is 0 Å². The molecule has 0 radical (unpaired) electrons. The lowest BCUT2D eigenvalue weighted by molar-refractivity contribution is -0.141. The molecule has 36 nitrogen and oxygen atoms in total. The van der Waals surface area contributed by atoms with Crippen LogP contribution >= 0.6 is 67.8 Å². The number of halogens is 3. The van der Waals surface area contributed by atoms with Gasteiger partial charge in [-0.25, -0.2) is 38.4 Å². The van der Waals surface area contributed by atoms with Crippen molar-refractivity contribution in [2.24, 2.45) is 0 Å². The number of benzene rings is 3. The molecule has 12 amide bonds. The monoisotopic (exact) mass is 1750 g/mol. The van der Waals surface area contributed by atoms with E-state index < -0.39 is 133 Å². The van der Waals surface area contributed by atoms with Crippen molar-refractivity contribution < 1.29 is 118 Å². The highest BCUT2D eigenvalue weighted by Crippen LogP contribution is 2.15. The number of carbonyl (C=O) groups excluding carboxylic acids is 6. The number of carboxylic acid groups (broad SMARTS) is 9. The molecular weight excluding hydrogens is 1670 g/mol. The number of rotatable bonds is 43. The van der Waals surface area contributed by atoms with Gasteiger partial charge in [-0.1, -0.05) is 0 Å². The van der Waals surface area contributed by atoms with Crippen molar-refractivity contribution in [2.75, 3.05) is 35.6 Å². The van der Waals surface area contributed by atoms with Crippen LogP contribution in [0.4, 0.5) is 45.8 Å². The van der Waals surface area contributed by atoms with Gasteiger partial charge in [-0.3, -0.25) is 33.6 Å². The summed E-state index contributed by atoms with van der Waals surface area (Å²) < 4.78 is 3.11. The molecule has 0 saturated carbocycles. The molecule has 100 heavy (non-hydrogen) atoms. The van der Waals surface area contributed by atoms with Crippen LogP contribution in [0.2, 0.25) is 0 Å². The van der Waals surface area contributed by atoms with Crippen LogP contribution in [-0.4, -0.2) is 192 Å². The van der Waals surface area contributed by atoms with Gasteiger partial charge in [0.15, 0.2) is 0 Å². The van der Waals surface area contributed by atoms with Gasteiger partial charge < -0.3 is 110 Å². The Morgan fingerprint density at radius 1 is 0.280 bits per heavy atom. The van der Waals surface area contributed by atoms with E-state index in [4.69, 9.17) is 40.9 Å². The van der Waals surface area contributed by atoms with Crippen molar-refractivity contribution in [1.29, 1.82) is 0 Å². The molecule has 552 valence electrons. The van der Waals surface area contributed by atoms with Gasteiger partial charge >= 0.3 is 89.9 Å². The number of hydrogen-bond donors (Lipinski definition) is 21. The molecule has 0 bridgehead atoms. The first-order valence-electron chi connectivity index (χ1n) is 30.8. The minimum Gasteiger partial charge on any atom is -0.481 e. The number of carbonyl (C=O) groups is 15. The van der Waals surface area contributed by atoms with E-state index in [0.717, 1.165) is 10.7 Å². The number of anilines is 3. The number of urea groups is 6. The van der Waals surface area contributed by atoms with Crippen LogP contribution in [0.1, 0.15) is 122 Å². The van der Waals surface area contributed by atoms with E-state index in [1.807, 2.05) is 36.4 Å². The Morgan fingerprint density at radius 2 is 0.520 bits per heavy atom. The summed E-state index contributed by atoms with van der Waals surface area (Å²) in [6.45, 7) is 0.973. The van der Waals surface area contributed by atoms with E-state index in [1.54, 1.807) is 36.4 Å². The molecule has 0 aliphatic carbocycles. The first-order valence-corrected chi connectivity index (χ1v) is 34.0. The molecule has 0 heterocycles. The number of amides is 12. The summed E-state index contributed by atoms with van der Waals surface area (Å²) in [4.78, 5) is 171. The van der Waals surface area contributed by atoms with Gasteiger partial charge in [0.05, 0.1) is 25.7 Å². The number of carboxylic acids is 9.